The summed E-state index contributed by atoms with van der Waals surface area (Å²) in [6.45, 7) is 0. The molecule has 0 saturated heterocycles. The molecular formula is C9H9ClN2S. The van der Waals surface area contributed by atoms with Gasteiger partial charge in [0.25, 0.3) is 0 Å². The highest BCUT2D eigenvalue weighted by Gasteiger charge is 1.91. The van der Waals surface area contributed by atoms with Crippen LogP contribution in [0.3, 0.4) is 0 Å². The fourth-order valence-corrected chi connectivity index (χ4v) is 1.11. The molecule has 4 heteroatoms. The second-order valence-corrected chi connectivity index (χ2v) is 3.35. The average Bonchev–Trinajstić information content (AvgIpc) is 2.19. The van der Waals surface area contributed by atoms with E-state index in [-0.39, 0.29) is 0 Å². The van der Waals surface area contributed by atoms with Crippen molar-refractivity contribution in [1.82, 2.24) is 9.97 Å². The first-order valence-corrected chi connectivity index (χ1v) is 5.53. The Kier molecular flexibility index (Phi) is 4.66. The Morgan fingerprint density at radius 3 is 2.69 bits per heavy atom. The molecule has 1 rings (SSSR count). The third kappa shape index (κ3) is 3.67. The van der Waals surface area contributed by atoms with Crippen LogP contribution >= 0.6 is 23.4 Å². The number of rotatable bonds is 2. The minimum Gasteiger partial charge on any atom is -0.230 e. The first-order chi connectivity index (χ1) is 6.36. The van der Waals surface area contributed by atoms with Crippen molar-refractivity contribution >= 4 is 23.4 Å². The molecule has 0 aliphatic carbocycles. The molecule has 1 heterocycles. The van der Waals surface area contributed by atoms with Gasteiger partial charge in [0.1, 0.15) is 0 Å². The lowest BCUT2D eigenvalue weighted by molar-refractivity contribution is 0.964. The standard InChI is InChI=1S/C9H9ClN2S/c1-13-9-11-6-8(7-12-9)4-2-3-5-10/h6-7H,3,5H2,1H3. The van der Waals surface area contributed by atoms with Gasteiger partial charge in [0.05, 0.1) is 5.56 Å². The average molecular weight is 213 g/mol. The van der Waals surface area contributed by atoms with Gasteiger partial charge in [0.15, 0.2) is 5.16 Å². The molecule has 13 heavy (non-hydrogen) atoms. The van der Waals surface area contributed by atoms with Crippen molar-refractivity contribution in [3.63, 3.8) is 0 Å². The molecule has 68 valence electrons. The van der Waals surface area contributed by atoms with E-state index in [0.29, 0.717) is 12.3 Å². The number of halogens is 1. The van der Waals surface area contributed by atoms with Gasteiger partial charge in [-0.3, -0.25) is 0 Å². The van der Waals surface area contributed by atoms with E-state index in [4.69, 9.17) is 11.6 Å². The van der Waals surface area contributed by atoms with Gasteiger partial charge in [0, 0.05) is 24.7 Å². The Morgan fingerprint density at radius 2 is 2.15 bits per heavy atom. The van der Waals surface area contributed by atoms with Crippen LogP contribution < -0.4 is 0 Å². The molecule has 1 aromatic heterocycles. The van der Waals surface area contributed by atoms with Gasteiger partial charge < -0.3 is 0 Å². The number of thioether (sulfide) groups is 1. The van der Waals surface area contributed by atoms with Gasteiger partial charge in [0.2, 0.25) is 0 Å². The van der Waals surface area contributed by atoms with E-state index >= 15 is 0 Å². The van der Waals surface area contributed by atoms with Crippen LogP contribution in [0.4, 0.5) is 0 Å². The molecule has 0 unspecified atom stereocenters. The second kappa shape index (κ2) is 5.85. The van der Waals surface area contributed by atoms with Crippen LogP contribution in [0.25, 0.3) is 0 Å². The lowest BCUT2D eigenvalue weighted by Crippen LogP contribution is -1.85. The number of nitrogens with zero attached hydrogens (tertiary/aromatic N) is 2. The van der Waals surface area contributed by atoms with Gasteiger partial charge in [-0.1, -0.05) is 23.6 Å². The fraction of sp³-hybridized carbons (Fsp3) is 0.333. The minimum absolute atomic E-state index is 0.566. The van der Waals surface area contributed by atoms with Gasteiger partial charge in [-0.2, -0.15) is 0 Å². The normalized spacial score (nSPS) is 9.08. The lowest BCUT2D eigenvalue weighted by Gasteiger charge is -1.92. The predicted molar refractivity (Wildman–Crippen MR) is 56.0 cm³/mol. The highest BCUT2D eigenvalue weighted by atomic mass is 35.5. The summed E-state index contributed by atoms with van der Waals surface area (Å²) in [5.74, 6) is 6.41. The van der Waals surface area contributed by atoms with Crippen molar-refractivity contribution in [2.75, 3.05) is 12.1 Å². The predicted octanol–water partition coefficient (Wildman–Crippen LogP) is 2.18. The van der Waals surface area contributed by atoms with E-state index in [1.165, 1.54) is 11.8 Å². The number of alkyl halides is 1. The summed E-state index contributed by atoms with van der Waals surface area (Å²) in [6, 6.07) is 0. The zero-order valence-electron chi connectivity index (χ0n) is 7.25. The summed E-state index contributed by atoms with van der Waals surface area (Å²) < 4.78 is 0. The number of aromatic nitrogens is 2. The van der Waals surface area contributed by atoms with Crippen molar-refractivity contribution < 1.29 is 0 Å². The van der Waals surface area contributed by atoms with Crippen molar-refractivity contribution in [1.29, 1.82) is 0 Å². The largest absolute Gasteiger partial charge is 0.230 e. The third-order valence-corrected chi connectivity index (χ3v) is 2.03. The van der Waals surface area contributed by atoms with Crippen molar-refractivity contribution in [2.45, 2.75) is 11.6 Å². The Labute approximate surface area is 87.1 Å². The van der Waals surface area contributed by atoms with Gasteiger partial charge in [-0.15, -0.1) is 11.6 Å². The molecule has 0 N–H and O–H groups in total. The van der Waals surface area contributed by atoms with Crippen LogP contribution in [0, 0.1) is 11.8 Å². The maximum atomic E-state index is 5.48. The number of hydrogen-bond donors (Lipinski definition) is 0. The first-order valence-electron chi connectivity index (χ1n) is 3.77. The molecule has 0 aliphatic heterocycles. The Hall–Kier alpha value is -0.720. The van der Waals surface area contributed by atoms with Gasteiger partial charge in [-0.25, -0.2) is 9.97 Å². The Morgan fingerprint density at radius 1 is 1.46 bits per heavy atom. The molecule has 0 fully saturated rings. The molecule has 0 saturated carbocycles. The van der Waals surface area contributed by atoms with Crippen LogP contribution in [-0.4, -0.2) is 22.1 Å². The highest BCUT2D eigenvalue weighted by molar-refractivity contribution is 7.98. The summed E-state index contributed by atoms with van der Waals surface area (Å²) in [5.41, 5.74) is 0.836. The third-order valence-electron chi connectivity index (χ3n) is 1.26. The molecule has 1 aromatic rings. The zero-order valence-corrected chi connectivity index (χ0v) is 8.82. The molecule has 0 bridgehead atoms. The first kappa shape index (κ1) is 10.4. The monoisotopic (exact) mass is 212 g/mol. The number of hydrogen-bond acceptors (Lipinski definition) is 3. The fourth-order valence-electron chi connectivity index (χ4n) is 0.698. The van der Waals surface area contributed by atoms with E-state index in [0.717, 1.165) is 10.7 Å². The van der Waals surface area contributed by atoms with E-state index in [9.17, 15) is 0 Å². The topological polar surface area (TPSA) is 25.8 Å². The molecule has 0 radical (unpaired) electrons. The lowest BCUT2D eigenvalue weighted by atomic mass is 10.3. The van der Waals surface area contributed by atoms with Gasteiger partial charge in [-0.05, 0) is 6.26 Å². The zero-order chi connectivity index (χ0) is 9.52. The Bertz CT molecular complexity index is 313. The molecule has 0 amide bonds. The van der Waals surface area contributed by atoms with Crippen molar-refractivity contribution in [3.8, 4) is 11.8 Å². The van der Waals surface area contributed by atoms with Crippen LogP contribution in [0.5, 0.6) is 0 Å². The summed E-state index contributed by atoms with van der Waals surface area (Å²) in [6.07, 6.45) is 6.08. The molecule has 0 aliphatic rings. The van der Waals surface area contributed by atoms with E-state index in [1.54, 1.807) is 12.4 Å². The highest BCUT2D eigenvalue weighted by Crippen LogP contribution is 2.06. The van der Waals surface area contributed by atoms with E-state index in [2.05, 4.69) is 21.8 Å². The molecule has 0 atom stereocenters. The molecule has 0 spiro atoms. The summed E-state index contributed by atoms with van der Waals surface area (Å²) in [7, 11) is 0. The smallest absolute Gasteiger partial charge is 0.187 e. The molecule has 2 nitrogen and oxygen atoms in total. The molecule has 0 aromatic carbocycles. The van der Waals surface area contributed by atoms with E-state index in [1.807, 2.05) is 6.26 Å². The molecular weight excluding hydrogens is 204 g/mol. The van der Waals surface area contributed by atoms with Crippen LogP contribution in [-0.2, 0) is 0 Å². The van der Waals surface area contributed by atoms with E-state index < -0.39 is 0 Å². The summed E-state index contributed by atoms with van der Waals surface area (Å²) in [4.78, 5) is 8.18. The van der Waals surface area contributed by atoms with Crippen LogP contribution in [0.15, 0.2) is 17.6 Å². The van der Waals surface area contributed by atoms with Gasteiger partial charge >= 0.3 is 0 Å². The summed E-state index contributed by atoms with van der Waals surface area (Å²) >= 11 is 6.99. The SMILES string of the molecule is CSc1ncc(C#CCCCl)cn1. The van der Waals surface area contributed by atoms with Crippen LogP contribution in [0.1, 0.15) is 12.0 Å². The maximum absolute atomic E-state index is 5.48. The van der Waals surface area contributed by atoms with Crippen LogP contribution in [0.2, 0.25) is 0 Å². The van der Waals surface area contributed by atoms with Crippen molar-refractivity contribution in [2.24, 2.45) is 0 Å². The Balaban J connectivity index is 2.65. The second-order valence-electron chi connectivity index (χ2n) is 2.20. The quantitative estimate of drug-likeness (QED) is 0.325. The summed E-state index contributed by atoms with van der Waals surface area (Å²) in [5, 5.41) is 0.767. The minimum atomic E-state index is 0.566. The van der Waals surface area contributed by atoms with Crippen molar-refractivity contribution in [3.05, 3.63) is 18.0 Å². The maximum Gasteiger partial charge on any atom is 0.187 e.